The Bertz CT molecular complexity index is 339. The molecule has 128 valence electrons. The number of hydrogen-bond donors (Lipinski definition) is 4. The van der Waals surface area contributed by atoms with E-state index in [0.29, 0.717) is 25.7 Å². The molecule has 0 bridgehead atoms. The first-order valence-corrected chi connectivity index (χ1v) is 7.52. The fourth-order valence-electron chi connectivity index (χ4n) is 1.60. The van der Waals surface area contributed by atoms with E-state index in [0.717, 1.165) is 25.7 Å². The Balaban J connectivity index is 0. The van der Waals surface area contributed by atoms with Gasteiger partial charge in [0.25, 0.3) is 0 Å². The van der Waals surface area contributed by atoms with Crippen molar-refractivity contribution in [2.75, 3.05) is 0 Å². The highest BCUT2D eigenvalue weighted by molar-refractivity contribution is 5.71. The molecule has 7 heteroatoms. The first-order chi connectivity index (χ1) is 10.3. The molecule has 0 radical (unpaired) electrons. The Morgan fingerprint density at radius 1 is 1.05 bits per heavy atom. The molecule has 0 saturated heterocycles. The van der Waals surface area contributed by atoms with Crippen molar-refractivity contribution < 1.29 is 30.0 Å². The summed E-state index contributed by atoms with van der Waals surface area (Å²) in [5.74, 6) is -2.10. The predicted molar refractivity (Wildman–Crippen MR) is 80.1 cm³/mol. The van der Waals surface area contributed by atoms with Gasteiger partial charge in [0.1, 0.15) is 0 Å². The zero-order chi connectivity index (χ0) is 17.4. The minimum absolute atomic E-state index is 0.202. The van der Waals surface area contributed by atoms with Crippen LogP contribution in [0.3, 0.4) is 0 Å². The molecule has 0 fully saturated rings. The van der Waals surface area contributed by atoms with Crippen LogP contribution in [0, 0.1) is 11.3 Å². The quantitative estimate of drug-likeness (QED) is 0.427. The lowest BCUT2D eigenvalue weighted by atomic mass is 10.1. The number of carboxylic acid groups (broad SMARTS) is 2. The molecule has 7 nitrogen and oxygen atoms in total. The van der Waals surface area contributed by atoms with E-state index >= 15 is 0 Å². The Labute approximate surface area is 131 Å². The highest BCUT2D eigenvalue weighted by Gasteiger charge is 2.11. The van der Waals surface area contributed by atoms with Crippen molar-refractivity contribution >= 4 is 11.9 Å². The zero-order valence-electron chi connectivity index (χ0n) is 13.1. The fourth-order valence-corrected chi connectivity index (χ4v) is 1.60. The topological polar surface area (TPSA) is 139 Å². The Morgan fingerprint density at radius 2 is 1.64 bits per heavy atom. The average Bonchev–Trinajstić information content (AvgIpc) is 2.43. The first-order valence-electron chi connectivity index (χ1n) is 7.52. The van der Waals surface area contributed by atoms with Crippen molar-refractivity contribution in [2.45, 2.75) is 76.9 Å². The predicted octanol–water partition coefficient (Wildman–Crippen LogP) is 1.92. The number of aliphatic hydroxyl groups is 2. The summed E-state index contributed by atoms with van der Waals surface area (Å²) < 4.78 is 0. The standard InChI is InChI=1S/C8H13NO3.C7H14O3/c9-5-3-1-2-4-7(10)6-8(11)12;1-2-3-4-5-6(8)7(9)10/h7,10H,1-4,6H2,(H,11,12);6,8H,2-5H2,1H3,(H,9,10). The summed E-state index contributed by atoms with van der Waals surface area (Å²) in [6, 6.07) is 1.98. The van der Waals surface area contributed by atoms with Gasteiger partial charge in [-0.2, -0.15) is 5.26 Å². The molecule has 0 aromatic carbocycles. The van der Waals surface area contributed by atoms with Gasteiger partial charge in [0.2, 0.25) is 0 Å². The van der Waals surface area contributed by atoms with E-state index in [4.69, 9.17) is 25.7 Å². The number of nitriles is 1. The van der Waals surface area contributed by atoms with E-state index < -0.39 is 24.1 Å². The summed E-state index contributed by atoms with van der Waals surface area (Å²) in [6.07, 6.45) is 3.46. The number of aliphatic carboxylic acids is 2. The van der Waals surface area contributed by atoms with Crippen LogP contribution >= 0.6 is 0 Å². The summed E-state index contributed by atoms with van der Waals surface area (Å²) in [7, 11) is 0. The first kappa shape index (κ1) is 22.6. The zero-order valence-corrected chi connectivity index (χ0v) is 13.1. The van der Waals surface area contributed by atoms with Crippen molar-refractivity contribution in [3.63, 3.8) is 0 Å². The lowest BCUT2D eigenvalue weighted by Gasteiger charge is -2.05. The molecule has 0 spiro atoms. The van der Waals surface area contributed by atoms with Gasteiger partial charge >= 0.3 is 11.9 Å². The number of hydrogen-bond acceptors (Lipinski definition) is 5. The SMILES string of the molecule is CCCCCC(O)C(=O)O.N#CCCCCC(O)CC(=O)O. The van der Waals surface area contributed by atoms with E-state index in [1.165, 1.54) is 0 Å². The molecule has 0 amide bonds. The number of carbonyl (C=O) groups is 2. The Hall–Kier alpha value is -1.65. The molecule has 0 aliphatic heterocycles. The minimum atomic E-state index is -1.16. The lowest BCUT2D eigenvalue weighted by Crippen LogP contribution is -2.18. The molecule has 0 saturated carbocycles. The third-order valence-electron chi connectivity index (χ3n) is 2.85. The molecule has 2 atom stereocenters. The van der Waals surface area contributed by atoms with Crippen LogP contribution in [0.2, 0.25) is 0 Å². The molecule has 0 aromatic rings. The molecule has 0 aliphatic rings. The molecule has 0 heterocycles. The smallest absolute Gasteiger partial charge is 0.332 e. The van der Waals surface area contributed by atoms with Crippen LogP contribution in [0.15, 0.2) is 0 Å². The van der Waals surface area contributed by atoms with Crippen LogP contribution in [0.1, 0.15) is 64.7 Å². The molecular weight excluding hydrogens is 290 g/mol. The van der Waals surface area contributed by atoms with Crippen molar-refractivity contribution in [3.05, 3.63) is 0 Å². The third kappa shape index (κ3) is 18.4. The van der Waals surface area contributed by atoms with Crippen LogP contribution in [-0.2, 0) is 9.59 Å². The van der Waals surface area contributed by atoms with E-state index in [2.05, 4.69) is 0 Å². The van der Waals surface area contributed by atoms with Crippen LogP contribution in [0.5, 0.6) is 0 Å². The molecule has 0 rings (SSSR count). The maximum Gasteiger partial charge on any atom is 0.332 e. The summed E-state index contributed by atoms with van der Waals surface area (Å²) in [5.41, 5.74) is 0. The summed E-state index contributed by atoms with van der Waals surface area (Å²) >= 11 is 0. The van der Waals surface area contributed by atoms with Gasteiger partial charge in [0, 0.05) is 6.42 Å². The molecule has 0 aromatic heterocycles. The fraction of sp³-hybridized carbons (Fsp3) is 0.800. The van der Waals surface area contributed by atoms with Crippen molar-refractivity contribution in [3.8, 4) is 6.07 Å². The average molecular weight is 317 g/mol. The number of aliphatic hydroxyl groups excluding tert-OH is 2. The number of nitrogens with zero attached hydrogens (tertiary/aromatic N) is 1. The summed E-state index contributed by atoms with van der Waals surface area (Å²) in [6.45, 7) is 2.03. The largest absolute Gasteiger partial charge is 0.481 e. The third-order valence-corrected chi connectivity index (χ3v) is 2.85. The second-order valence-corrected chi connectivity index (χ2v) is 5.01. The van der Waals surface area contributed by atoms with E-state index in [-0.39, 0.29) is 6.42 Å². The second kappa shape index (κ2) is 15.7. The minimum Gasteiger partial charge on any atom is -0.481 e. The molecule has 0 aliphatic carbocycles. The second-order valence-electron chi connectivity index (χ2n) is 5.01. The Morgan fingerprint density at radius 3 is 2.09 bits per heavy atom. The molecule has 4 N–H and O–H groups in total. The summed E-state index contributed by atoms with van der Waals surface area (Å²) in [5, 5.41) is 42.5. The summed E-state index contributed by atoms with van der Waals surface area (Å²) in [4.78, 5) is 20.1. The van der Waals surface area contributed by atoms with Crippen molar-refractivity contribution in [1.29, 1.82) is 5.26 Å². The van der Waals surface area contributed by atoms with E-state index in [1.807, 2.05) is 13.0 Å². The van der Waals surface area contributed by atoms with Crippen LogP contribution < -0.4 is 0 Å². The van der Waals surface area contributed by atoms with Crippen LogP contribution in [0.4, 0.5) is 0 Å². The lowest BCUT2D eigenvalue weighted by molar-refractivity contribution is -0.147. The van der Waals surface area contributed by atoms with Gasteiger partial charge < -0.3 is 20.4 Å². The molecule has 2 unspecified atom stereocenters. The van der Waals surface area contributed by atoms with Crippen molar-refractivity contribution in [2.24, 2.45) is 0 Å². The van der Waals surface area contributed by atoms with Crippen molar-refractivity contribution in [1.82, 2.24) is 0 Å². The van der Waals surface area contributed by atoms with Gasteiger partial charge in [0.15, 0.2) is 6.10 Å². The van der Waals surface area contributed by atoms with Gasteiger partial charge in [-0.15, -0.1) is 0 Å². The van der Waals surface area contributed by atoms with Gasteiger partial charge in [-0.05, 0) is 25.7 Å². The monoisotopic (exact) mass is 317 g/mol. The van der Waals surface area contributed by atoms with E-state index in [1.54, 1.807) is 0 Å². The molecular formula is C15H27NO6. The number of carboxylic acids is 2. The highest BCUT2D eigenvalue weighted by Crippen LogP contribution is 2.05. The number of rotatable bonds is 11. The van der Waals surface area contributed by atoms with Gasteiger partial charge in [-0.25, -0.2) is 4.79 Å². The van der Waals surface area contributed by atoms with Gasteiger partial charge in [-0.1, -0.05) is 26.2 Å². The normalized spacial score (nSPS) is 12.5. The maximum absolute atomic E-state index is 10.1. The maximum atomic E-state index is 10.1. The highest BCUT2D eigenvalue weighted by atomic mass is 16.4. The van der Waals surface area contributed by atoms with Crippen LogP contribution in [0.25, 0.3) is 0 Å². The van der Waals surface area contributed by atoms with E-state index in [9.17, 15) is 9.59 Å². The number of unbranched alkanes of at least 4 members (excludes halogenated alkanes) is 4. The van der Waals surface area contributed by atoms with Gasteiger partial charge in [0.05, 0.1) is 18.6 Å². The molecule has 22 heavy (non-hydrogen) atoms. The van der Waals surface area contributed by atoms with Gasteiger partial charge in [-0.3, -0.25) is 4.79 Å². The Kier molecular flexibility index (Phi) is 16.2. The van der Waals surface area contributed by atoms with Crippen LogP contribution in [-0.4, -0.2) is 44.6 Å².